The molecular weight excluding hydrogens is 504 g/mol. The van der Waals surface area contributed by atoms with Crippen LogP contribution < -0.4 is 10.1 Å². The van der Waals surface area contributed by atoms with Crippen molar-refractivity contribution in [3.8, 4) is 5.75 Å². The summed E-state index contributed by atoms with van der Waals surface area (Å²) in [6.07, 6.45) is 0.412. The number of amides is 2. The Labute approximate surface area is 216 Å². The van der Waals surface area contributed by atoms with Gasteiger partial charge in [-0.1, -0.05) is 84.4 Å². The van der Waals surface area contributed by atoms with Crippen LogP contribution in [0, 0.1) is 12.8 Å². The van der Waals surface area contributed by atoms with E-state index in [0.717, 1.165) is 21.2 Å². The summed E-state index contributed by atoms with van der Waals surface area (Å²) in [4.78, 5) is 28.6. The summed E-state index contributed by atoms with van der Waals surface area (Å²) in [5.74, 6) is 0.522. The third kappa shape index (κ3) is 8.55. The lowest BCUT2D eigenvalue weighted by atomic mass is 10.0. The summed E-state index contributed by atoms with van der Waals surface area (Å²) in [6, 6.07) is 24.5. The summed E-state index contributed by atoms with van der Waals surface area (Å²) in [5.41, 5.74) is 2.97. The molecule has 5 nitrogen and oxygen atoms in total. The first kappa shape index (κ1) is 26.5. The van der Waals surface area contributed by atoms with Crippen LogP contribution in [0.25, 0.3) is 0 Å². The van der Waals surface area contributed by atoms with Crippen LogP contribution in [-0.4, -0.2) is 35.9 Å². The van der Waals surface area contributed by atoms with Crippen LogP contribution >= 0.6 is 15.9 Å². The van der Waals surface area contributed by atoms with Gasteiger partial charge in [0.05, 0.1) is 0 Å². The van der Waals surface area contributed by atoms with Gasteiger partial charge in [0, 0.05) is 24.0 Å². The molecule has 3 aromatic rings. The van der Waals surface area contributed by atoms with Gasteiger partial charge in [0.1, 0.15) is 11.8 Å². The van der Waals surface area contributed by atoms with Crippen molar-refractivity contribution >= 4 is 27.7 Å². The van der Waals surface area contributed by atoms with E-state index >= 15 is 0 Å². The molecule has 3 aromatic carbocycles. The van der Waals surface area contributed by atoms with Crippen molar-refractivity contribution in [1.29, 1.82) is 0 Å². The van der Waals surface area contributed by atoms with Gasteiger partial charge in [-0.2, -0.15) is 0 Å². The van der Waals surface area contributed by atoms with Gasteiger partial charge in [0.25, 0.3) is 5.91 Å². The van der Waals surface area contributed by atoms with E-state index in [4.69, 9.17) is 4.74 Å². The lowest BCUT2D eigenvalue weighted by Gasteiger charge is -2.31. The van der Waals surface area contributed by atoms with E-state index in [1.54, 1.807) is 4.90 Å². The average molecular weight is 537 g/mol. The molecule has 2 amide bonds. The molecule has 0 aromatic heterocycles. The highest BCUT2D eigenvalue weighted by Crippen LogP contribution is 2.19. The maximum Gasteiger partial charge on any atom is 0.261 e. The summed E-state index contributed by atoms with van der Waals surface area (Å²) >= 11 is 3.51. The minimum atomic E-state index is -0.677. The fourth-order valence-corrected chi connectivity index (χ4v) is 4.19. The van der Waals surface area contributed by atoms with Gasteiger partial charge >= 0.3 is 0 Å². The highest BCUT2D eigenvalue weighted by molar-refractivity contribution is 9.10. The molecule has 6 heteroatoms. The van der Waals surface area contributed by atoms with Crippen LogP contribution in [-0.2, 0) is 22.6 Å². The number of rotatable bonds is 11. The molecule has 1 unspecified atom stereocenters. The zero-order chi connectivity index (χ0) is 25.2. The molecule has 3 rings (SSSR count). The average Bonchev–Trinajstić information content (AvgIpc) is 2.84. The van der Waals surface area contributed by atoms with E-state index in [9.17, 15) is 9.59 Å². The second kappa shape index (κ2) is 13.1. The van der Waals surface area contributed by atoms with Crippen molar-refractivity contribution < 1.29 is 14.3 Å². The summed E-state index contributed by atoms with van der Waals surface area (Å²) in [5, 5.41) is 3.03. The molecule has 0 aliphatic heterocycles. The third-order valence-electron chi connectivity index (χ3n) is 5.55. The Balaban J connectivity index is 1.90. The lowest BCUT2D eigenvalue weighted by molar-refractivity contribution is -0.142. The predicted molar refractivity (Wildman–Crippen MR) is 143 cm³/mol. The first-order chi connectivity index (χ1) is 16.8. The molecule has 0 bridgehead atoms. The Bertz CT molecular complexity index is 1120. The number of carbonyl (C=O) groups excluding carboxylic acids is 2. The van der Waals surface area contributed by atoms with Crippen molar-refractivity contribution in [1.82, 2.24) is 10.2 Å². The molecule has 0 saturated heterocycles. The van der Waals surface area contributed by atoms with Gasteiger partial charge in [-0.05, 0) is 53.8 Å². The van der Waals surface area contributed by atoms with Gasteiger partial charge in [-0.15, -0.1) is 0 Å². The first-order valence-corrected chi connectivity index (χ1v) is 12.7. The Kier molecular flexibility index (Phi) is 9.91. The number of hydrogen-bond donors (Lipinski definition) is 1. The van der Waals surface area contributed by atoms with Crippen LogP contribution in [0.3, 0.4) is 0 Å². The van der Waals surface area contributed by atoms with Crippen molar-refractivity contribution in [2.75, 3.05) is 13.2 Å². The van der Waals surface area contributed by atoms with Crippen LogP contribution in [0.5, 0.6) is 5.75 Å². The van der Waals surface area contributed by atoms with Crippen molar-refractivity contribution in [2.45, 2.75) is 39.8 Å². The predicted octanol–water partition coefficient (Wildman–Crippen LogP) is 5.55. The molecule has 0 fully saturated rings. The van der Waals surface area contributed by atoms with Crippen LogP contribution in [0.1, 0.15) is 30.5 Å². The molecule has 0 aliphatic rings. The number of ether oxygens (including phenoxy) is 1. The van der Waals surface area contributed by atoms with Gasteiger partial charge in [-0.3, -0.25) is 9.59 Å². The molecule has 35 heavy (non-hydrogen) atoms. The van der Waals surface area contributed by atoms with E-state index in [1.165, 1.54) is 0 Å². The second-order valence-electron chi connectivity index (χ2n) is 9.10. The molecular formula is C29H33BrN2O3. The summed E-state index contributed by atoms with van der Waals surface area (Å²) in [7, 11) is 0. The third-order valence-corrected chi connectivity index (χ3v) is 6.04. The Hall–Kier alpha value is -3.12. The highest BCUT2D eigenvalue weighted by atomic mass is 79.9. The van der Waals surface area contributed by atoms with Crippen LogP contribution in [0.2, 0.25) is 0 Å². The van der Waals surface area contributed by atoms with Gasteiger partial charge in [-0.25, -0.2) is 0 Å². The SMILES string of the molecule is Cc1cccc(OCC(=O)N(Cc2cccc(Br)c2)C(Cc2ccccc2)C(=O)NCC(C)C)c1. The minimum Gasteiger partial charge on any atom is -0.484 e. The maximum absolute atomic E-state index is 13.6. The molecule has 0 saturated carbocycles. The van der Waals surface area contributed by atoms with Crippen LogP contribution in [0.4, 0.5) is 0 Å². The lowest BCUT2D eigenvalue weighted by Crippen LogP contribution is -2.52. The molecule has 1 N–H and O–H groups in total. The van der Waals surface area contributed by atoms with Crippen molar-refractivity contribution in [2.24, 2.45) is 5.92 Å². The molecule has 0 spiro atoms. The van der Waals surface area contributed by atoms with E-state index in [2.05, 4.69) is 21.2 Å². The van der Waals surface area contributed by atoms with E-state index < -0.39 is 6.04 Å². The van der Waals surface area contributed by atoms with Gasteiger partial charge < -0.3 is 15.0 Å². The smallest absolute Gasteiger partial charge is 0.261 e. The number of hydrogen-bond acceptors (Lipinski definition) is 3. The fraction of sp³-hybridized carbons (Fsp3) is 0.310. The van der Waals surface area contributed by atoms with E-state index in [-0.39, 0.29) is 18.4 Å². The molecule has 0 aliphatic carbocycles. The quantitative estimate of drug-likeness (QED) is 0.349. The topological polar surface area (TPSA) is 58.6 Å². The Morgan fingerprint density at radius 2 is 1.66 bits per heavy atom. The Morgan fingerprint density at radius 3 is 2.34 bits per heavy atom. The molecule has 0 radical (unpaired) electrons. The normalized spacial score (nSPS) is 11.7. The largest absolute Gasteiger partial charge is 0.484 e. The van der Waals surface area contributed by atoms with Crippen molar-refractivity contribution in [3.63, 3.8) is 0 Å². The zero-order valence-electron chi connectivity index (χ0n) is 20.5. The number of aryl methyl sites for hydroxylation is 1. The van der Waals surface area contributed by atoms with Gasteiger partial charge in [0.2, 0.25) is 5.91 Å². The number of carbonyl (C=O) groups is 2. The minimum absolute atomic E-state index is 0.153. The zero-order valence-corrected chi connectivity index (χ0v) is 22.1. The summed E-state index contributed by atoms with van der Waals surface area (Å²) in [6.45, 7) is 6.76. The van der Waals surface area contributed by atoms with Crippen LogP contribution in [0.15, 0.2) is 83.3 Å². The number of benzene rings is 3. The maximum atomic E-state index is 13.6. The number of halogens is 1. The molecule has 184 valence electrons. The van der Waals surface area contributed by atoms with Gasteiger partial charge in [0.15, 0.2) is 6.61 Å². The number of nitrogens with one attached hydrogen (secondary N) is 1. The number of nitrogens with zero attached hydrogens (tertiary/aromatic N) is 1. The van der Waals surface area contributed by atoms with E-state index in [1.807, 2.05) is 99.6 Å². The summed E-state index contributed by atoms with van der Waals surface area (Å²) < 4.78 is 6.76. The Morgan fingerprint density at radius 1 is 0.943 bits per heavy atom. The standard InChI is InChI=1S/C29H33BrN2O3/c1-21(2)18-31-29(34)27(17-23-10-5-4-6-11-23)32(19-24-12-8-13-25(30)16-24)28(33)20-35-26-14-7-9-22(3)15-26/h4-16,21,27H,17-20H2,1-3H3,(H,31,34). The fourth-order valence-electron chi connectivity index (χ4n) is 3.74. The van der Waals surface area contributed by atoms with Crippen molar-refractivity contribution in [3.05, 3.63) is 100 Å². The first-order valence-electron chi connectivity index (χ1n) is 11.9. The molecule has 1 atom stereocenters. The van der Waals surface area contributed by atoms with E-state index in [0.29, 0.717) is 31.2 Å². The molecule has 0 heterocycles. The highest BCUT2D eigenvalue weighted by Gasteiger charge is 2.30. The second-order valence-corrected chi connectivity index (χ2v) is 10.0. The monoisotopic (exact) mass is 536 g/mol.